The number of rotatable bonds is 8. The highest BCUT2D eigenvalue weighted by Gasteiger charge is 2.28. The molecular formula is C26H28ClFN4O3. The Morgan fingerprint density at radius 3 is 2.71 bits per heavy atom. The molecule has 2 aromatic carbocycles. The number of hydrogen-bond acceptors (Lipinski definition) is 4. The maximum atomic E-state index is 15.1. The minimum absolute atomic E-state index is 0.0311. The van der Waals surface area contributed by atoms with Crippen molar-refractivity contribution >= 4 is 34.8 Å². The van der Waals surface area contributed by atoms with Crippen LogP contribution < -0.4 is 11.1 Å². The third-order valence-electron chi connectivity index (χ3n) is 5.98. The van der Waals surface area contributed by atoms with Crippen molar-refractivity contribution in [2.24, 2.45) is 16.6 Å². The van der Waals surface area contributed by atoms with Gasteiger partial charge in [-0.25, -0.2) is 4.39 Å². The van der Waals surface area contributed by atoms with Crippen molar-refractivity contribution in [3.8, 4) is 0 Å². The van der Waals surface area contributed by atoms with E-state index in [0.717, 1.165) is 0 Å². The fraction of sp³-hybridized carbons (Fsp3) is 0.269. The fourth-order valence-electron chi connectivity index (χ4n) is 3.90. The van der Waals surface area contributed by atoms with Gasteiger partial charge in [-0.2, -0.15) is 0 Å². The number of aliphatic imine (C=N–C) groups is 1. The zero-order valence-corrected chi connectivity index (χ0v) is 20.3. The molecule has 1 heterocycles. The van der Waals surface area contributed by atoms with Crippen LogP contribution in [0.3, 0.4) is 0 Å². The first-order chi connectivity index (χ1) is 16.6. The third kappa shape index (κ3) is 6.15. The van der Waals surface area contributed by atoms with E-state index >= 15 is 4.39 Å². The largest absolute Gasteiger partial charge is 0.394 e. The number of nitrogens with zero attached hydrogens (tertiary/aromatic N) is 2. The van der Waals surface area contributed by atoms with E-state index < -0.39 is 17.8 Å². The number of aliphatic hydroxyl groups is 1. The van der Waals surface area contributed by atoms with Crippen molar-refractivity contribution in [3.05, 3.63) is 88.2 Å². The van der Waals surface area contributed by atoms with Crippen LogP contribution >= 0.6 is 11.6 Å². The lowest BCUT2D eigenvalue weighted by molar-refractivity contribution is -0.126. The van der Waals surface area contributed by atoms with Crippen LogP contribution in [0.15, 0.2) is 65.7 Å². The molecule has 0 radical (unpaired) electrons. The van der Waals surface area contributed by atoms with Gasteiger partial charge < -0.3 is 21.1 Å². The molecule has 35 heavy (non-hydrogen) atoms. The van der Waals surface area contributed by atoms with Crippen LogP contribution in [0.2, 0.25) is 5.02 Å². The predicted octanol–water partition coefficient (Wildman–Crippen LogP) is 3.35. The number of carbonyl (C=O) groups excluding carboxylic acids is 2. The molecule has 0 aromatic heterocycles. The Morgan fingerprint density at radius 2 is 2.14 bits per heavy atom. The molecule has 1 saturated heterocycles. The smallest absolute Gasteiger partial charge is 0.254 e. The zero-order chi connectivity index (χ0) is 25.7. The Balaban J connectivity index is 1.85. The number of amides is 2. The Hall–Kier alpha value is -3.49. The van der Waals surface area contributed by atoms with Gasteiger partial charge >= 0.3 is 0 Å². The van der Waals surface area contributed by atoms with Crippen LogP contribution in [0.4, 0.5) is 4.39 Å². The van der Waals surface area contributed by atoms with Crippen molar-refractivity contribution in [3.63, 3.8) is 0 Å². The average Bonchev–Trinajstić information content (AvgIpc) is 3.18. The van der Waals surface area contributed by atoms with E-state index in [9.17, 15) is 14.7 Å². The molecule has 9 heteroatoms. The summed E-state index contributed by atoms with van der Waals surface area (Å²) in [6.45, 7) is 4.23. The maximum Gasteiger partial charge on any atom is 0.254 e. The molecule has 0 aliphatic carbocycles. The van der Waals surface area contributed by atoms with Crippen LogP contribution in [0.25, 0.3) is 5.57 Å². The molecule has 2 atom stereocenters. The van der Waals surface area contributed by atoms with Gasteiger partial charge in [-0.3, -0.25) is 14.6 Å². The first kappa shape index (κ1) is 26.1. The van der Waals surface area contributed by atoms with Crippen LogP contribution in [-0.2, 0) is 4.79 Å². The standard InChI is InChI=1S/C26H28ClFN4O3/c1-15(18-12-24(34)32(3)13-18)9-21(25(29)30-2)16-7-8-20(22(28)11-16)26(35)31-23(14-33)17-5-4-6-19(27)10-17/h4-11,18,23,33H,1,12-14H2,2-3H3,(H2,29,30)(H,31,35)/b21-9-/t18-,23-/m1/s1. The Morgan fingerprint density at radius 1 is 1.40 bits per heavy atom. The van der Waals surface area contributed by atoms with E-state index in [0.29, 0.717) is 40.3 Å². The Labute approximate surface area is 208 Å². The molecular weight excluding hydrogens is 471 g/mol. The number of carbonyl (C=O) groups is 2. The van der Waals surface area contributed by atoms with Crippen molar-refractivity contribution < 1.29 is 19.1 Å². The van der Waals surface area contributed by atoms with E-state index in [-0.39, 0.29) is 29.8 Å². The van der Waals surface area contributed by atoms with E-state index in [2.05, 4.69) is 16.9 Å². The highest BCUT2D eigenvalue weighted by atomic mass is 35.5. The first-order valence-corrected chi connectivity index (χ1v) is 11.4. The average molecular weight is 499 g/mol. The summed E-state index contributed by atoms with van der Waals surface area (Å²) in [5.74, 6) is -1.33. The second-order valence-corrected chi connectivity index (χ2v) is 8.81. The third-order valence-corrected chi connectivity index (χ3v) is 6.21. The van der Waals surface area contributed by atoms with Crippen molar-refractivity contribution in [1.29, 1.82) is 0 Å². The van der Waals surface area contributed by atoms with E-state index in [1.54, 1.807) is 48.4 Å². The molecule has 3 rings (SSSR count). The molecule has 7 nitrogen and oxygen atoms in total. The van der Waals surface area contributed by atoms with Gasteiger partial charge in [0.25, 0.3) is 5.91 Å². The topological polar surface area (TPSA) is 108 Å². The Bertz CT molecular complexity index is 1210. The quantitative estimate of drug-likeness (QED) is 0.294. The van der Waals surface area contributed by atoms with Crippen LogP contribution in [0.5, 0.6) is 0 Å². The minimum atomic E-state index is -0.765. The zero-order valence-electron chi connectivity index (χ0n) is 19.6. The molecule has 1 aliphatic heterocycles. The van der Waals surface area contributed by atoms with Gasteiger partial charge in [-0.1, -0.05) is 36.4 Å². The summed E-state index contributed by atoms with van der Waals surface area (Å²) in [4.78, 5) is 30.3. The summed E-state index contributed by atoms with van der Waals surface area (Å²) in [6.07, 6.45) is 2.04. The van der Waals surface area contributed by atoms with Crippen LogP contribution in [-0.4, -0.2) is 54.9 Å². The van der Waals surface area contributed by atoms with Gasteiger partial charge in [0.1, 0.15) is 11.7 Å². The minimum Gasteiger partial charge on any atom is -0.394 e. The fourth-order valence-corrected chi connectivity index (χ4v) is 4.10. The summed E-state index contributed by atoms with van der Waals surface area (Å²) in [5, 5.41) is 12.8. The summed E-state index contributed by atoms with van der Waals surface area (Å²) in [5.41, 5.74) is 8.02. The second-order valence-electron chi connectivity index (χ2n) is 8.38. The van der Waals surface area contributed by atoms with E-state index in [4.69, 9.17) is 17.3 Å². The summed E-state index contributed by atoms with van der Waals surface area (Å²) < 4.78 is 15.1. The van der Waals surface area contributed by atoms with Gasteiger partial charge in [0, 0.05) is 43.6 Å². The molecule has 4 N–H and O–H groups in total. The predicted molar refractivity (Wildman–Crippen MR) is 136 cm³/mol. The van der Waals surface area contributed by atoms with E-state index in [1.807, 2.05) is 0 Å². The molecule has 0 saturated carbocycles. The number of hydrogen-bond donors (Lipinski definition) is 3. The van der Waals surface area contributed by atoms with Gasteiger partial charge in [-0.05, 0) is 47.0 Å². The maximum absolute atomic E-state index is 15.1. The summed E-state index contributed by atoms with van der Waals surface area (Å²) >= 11 is 6.00. The van der Waals surface area contributed by atoms with Crippen LogP contribution in [0, 0.1) is 11.7 Å². The van der Waals surface area contributed by atoms with E-state index in [1.165, 1.54) is 19.2 Å². The van der Waals surface area contributed by atoms with Gasteiger partial charge in [-0.15, -0.1) is 0 Å². The number of nitrogens with one attached hydrogen (secondary N) is 1. The highest BCUT2D eigenvalue weighted by molar-refractivity contribution is 6.30. The lowest BCUT2D eigenvalue weighted by atomic mass is 9.94. The van der Waals surface area contributed by atoms with Gasteiger partial charge in [0.2, 0.25) is 5.91 Å². The number of allylic oxidation sites excluding steroid dienone is 1. The first-order valence-electron chi connectivity index (χ1n) is 11.0. The molecule has 184 valence electrons. The second kappa shape index (κ2) is 11.3. The number of halogens is 2. The number of amidine groups is 1. The summed E-state index contributed by atoms with van der Waals surface area (Å²) in [7, 11) is 3.25. The number of benzene rings is 2. The highest BCUT2D eigenvalue weighted by Crippen LogP contribution is 2.28. The SMILES string of the molecule is C=C(/C=C(\C(N)=N/C)c1ccc(C(=O)N[C@H](CO)c2cccc(Cl)c2)c(F)c1)[C@@H]1CC(=O)N(C)C1. The molecule has 1 aliphatic rings. The lowest BCUT2D eigenvalue weighted by Gasteiger charge is -2.18. The van der Waals surface area contributed by atoms with Crippen molar-refractivity contribution in [2.45, 2.75) is 12.5 Å². The van der Waals surface area contributed by atoms with Gasteiger partial charge in [0.15, 0.2) is 0 Å². The Kier molecular flexibility index (Phi) is 8.43. The summed E-state index contributed by atoms with van der Waals surface area (Å²) in [6, 6.07) is 10.1. The molecule has 0 bridgehead atoms. The van der Waals surface area contributed by atoms with Crippen LogP contribution in [0.1, 0.15) is 33.9 Å². The number of likely N-dealkylation sites (tertiary alicyclic amines) is 1. The van der Waals surface area contributed by atoms with Crippen molar-refractivity contribution in [1.82, 2.24) is 10.2 Å². The molecule has 0 unspecified atom stereocenters. The number of aliphatic hydroxyl groups excluding tert-OH is 1. The van der Waals surface area contributed by atoms with Gasteiger partial charge in [0.05, 0.1) is 18.2 Å². The monoisotopic (exact) mass is 498 g/mol. The molecule has 2 amide bonds. The number of nitrogens with two attached hydrogens (primary N) is 1. The molecule has 2 aromatic rings. The lowest BCUT2D eigenvalue weighted by Crippen LogP contribution is -2.31. The molecule has 1 fully saturated rings. The normalized spacial score (nSPS) is 17.5. The molecule has 0 spiro atoms. The van der Waals surface area contributed by atoms with Crippen molar-refractivity contribution in [2.75, 3.05) is 27.2 Å².